The lowest BCUT2D eigenvalue weighted by Crippen LogP contribution is -2.50. The minimum Gasteiger partial charge on any atom is -0.468 e. The van der Waals surface area contributed by atoms with Gasteiger partial charge in [-0.05, 0) is 12.3 Å². The number of rotatable bonds is 3. The third-order valence-electron chi connectivity index (χ3n) is 2.10. The fraction of sp³-hybridized carbons (Fsp3) is 0.900. The molecule has 84 valence electrons. The summed E-state index contributed by atoms with van der Waals surface area (Å²) in [5.74, 6) is -0.320. The van der Waals surface area contributed by atoms with Crippen molar-refractivity contribution in [2.75, 3.05) is 14.2 Å². The summed E-state index contributed by atoms with van der Waals surface area (Å²) in [5.41, 5.74) is -0.138. The molecule has 0 aliphatic rings. The molecule has 0 saturated heterocycles. The van der Waals surface area contributed by atoms with E-state index in [0.717, 1.165) is 0 Å². The maximum atomic E-state index is 11.5. The van der Waals surface area contributed by atoms with Crippen LogP contribution in [0.15, 0.2) is 0 Å². The molecule has 0 heterocycles. The molecule has 3 nitrogen and oxygen atoms in total. The third kappa shape index (κ3) is 2.95. The quantitative estimate of drug-likeness (QED) is 0.581. The Morgan fingerprint density at radius 3 is 1.86 bits per heavy atom. The van der Waals surface area contributed by atoms with Crippen molar-refractivity contribution in [3.8, 4) is 0 Å². The molecule has 0 amide bonds. The van der Waals surface area contributed by atoms with Crippen LogP contribution < -0.4 is 0 Å². The molecule has 0 N–H and O–H groups in total. The van der Waals surface area contributed by atoms with E-state index in [1.807, 2.05) is 20.8 Å². The molecule has 14 heavy (non-hydrogen) atoms. The van der Waals surface area contributed by atoms with Crippen molar-refractivity contribution in [1.29, 1.82) is 0 Å². The van der Waals surface area contributed by atoms with E-state index < -0.39 is 4.32 Å². The average Bonchev–Trinajstić information content (AvgIpc) is 2.00. The molecular weight excluding hydrogens is 248 g/mol. The standard InChI is InChI=1S/C10H19BrO3/c1-9(2,3)7(13-5)10(4,11)8(12)14-6/h7H,1-6H3/t7-,10+/m0/s1. The van der Waals surface area contributed by atoms with E-state index in [9.17, 15) is 4.79 Å². The van der Waals surface area contributed by atoms with E-state index in [1.165, 1.54) is 7.11 Å². The van der Waals surface area contributed by atoms with Crippen LogP contribution in [0, 0.1) is 5.41 Å². The van der Waals surface area contributed by atoms with Crippen molar-refractivity contribution in [3.05, 3.63) is 0 Å². The van der Waals surface area contributed by atoms with Crippen LogP contribution in [-0.2, 0) is 14.3 Å². The summed E-state index contributed by atoms with van der Waals surface area (Å²) in [7, 11) is 2.97. The topological polar surface area (TPSA) is 35.5 Å². The SMILES string of the molecule is COC(=O)[C@](C)(Br)[C@@H](OC)C(C)(C)C. The van der Waals surface area contributed by atoms with Crippen LogP contribution in [0.2, 0.25) is 0 Å². The van der Waals surface area contributed by atoms with Gasteiger partial charge in [-0.2, -0.15) is 0 Å². The molecule has 0 aromatic rings. The first-order valence-electron chi connectivity index (χ1n) is 4.48. The molecule has 0 aromatic carbocycles. The Balaban J connectivity index is 4.93. The van der Waals surface area contributed by atoms with Crippen LogP contribution in [0.4, 0.5) is 0 Å². The van der Waals surface area contributed by atoms with Gasteiger partial charge >= 0.3 is 5.97 Å². The van der Waals surface area contributed by atoms with Gasteiger partial charge in [0.2, 0.25) is 0 Å². The van der Waals surface area contributed by atoms with Gasteiger partial charge < -0.3 is 9.47 Å². The summed E-state index contributed by atoms with van der Waals surface area (Å²) >= 11 is 3.37. The van der Waals surface area contributed by atoms with Gasteiger partial charge in [0.1, 0.15) is 4.32 Å². The Morgan fingerprint density at radius 2 is 1.64 bits per heavy atom. The Kier molecular flexibility index (Phi) is 4.59. The van der Waals surface area contributed by atoms with E-state index in [4.69, 9.17) is 9.47 Å². The number of ether oxygens (including phenoxy) is 2. The molecule has 4 heteroatoms. The lowest BCUT2D eigenvalue weighted by molar-refractivity contribution is -0.149. The number of hydrogen-bond donors (Lipinski definition) is 0. The lowest BCUT2D eigenvalue weighted by Gasteiger charge is -2.38. The van der Waals surface area contributed by atoms with Crippen molar-refractivity contribution < 1.29 is 14.3 Å². The Morgan fingerprint density at radius 1 is 1.21 bits per heavy atom. The summed E-state index contributed by atoms with van der Waals surface area (Å²) in [4.78, 5) is 11.5. The zero-order valence-electron chi connectivity index (χ0n) is 9.68. The van der Waals surface area contributed by atoms with Crippen LogP contribution in [0.1, 0.15) is 27.7 Å². The predicted octanol–water partition coefficient (Wildman–Crippen LogP) is 2.37. The molecule has 0 saturated carbocycles. The zero-order valence-corrected chi connectivity index (χ0v) is 11.3. The molecule has 0 aliphatic carbocycles. The van der Waals surface area contributed by atoms with Crippen LogP contribution in [0.25, 0.3) is 0 Å². The maximum Gasteiger partial charge on any atom is 0.325 e. The fourth-order valence-electron chi connectivity index (χ4n) is 1.69. The van der Waals surface area contributed by atoms with Gasteiger partial charge in [0, 0.05) is 7.11 Å². The van der Waals surface area contributed by atoms with E-state index in [1.54, 1.807) is 14.0 Å². The summed E-state index contributed by atoms with van der Waals surface area (Å²) < 4.78 is 9.27. The second-order valence-electron chi connectivity index (χ2n) is 4.55. The second-order valence-corrected chi connectivity index (χ2v) is 6.20. The number of hydrogen-bond acceptors (Lipinski definition) is 3. The summed E-state index contributed by atoms with van der Waals surface area (Å²) in [6.07, 6.45) is -0.248. The lowest BCUT2D eigenvalue weighted by atomic mass is 9.81. The Labute approximate surface area is 94.3 Å². The Hall–Kier alpha value is -0.0900. The van der Waals surface area contributed by atoms with E-state index >= 15 is 0 Å². The van der Waals surface area contributed by atoms with Crippen LogP contribution in [0.5, 0.6) is 0 Å². The van der Waals surface area contributed by atoms with E-state index in [2.05, 4.69) is 15.9 Å². The summed E-state index contributed by atoms with van der Waals surface area (Å²) in [5, 5.41) is 0. The van der Waals surface area contributed by atoms with Crippen LogP contribution in [0.3, 0.4) is 0 Å². The highest BCUT2D eigenvalue weighted by molar-refractivity contribution is 9.10. The smallest absolute Gasteiger partial charge is 0.325 e. The van der Waals surface area contributed by atoms with Crippen molar-refractivity contribution in [2.24, 2.45) is 5.41 Å². The number of halogens is 1. The molecule has 0 rings (SSSR count). The molecule has 2 atom stereocenters. The minimum absolute atomic E-state index is 0.138. The predicted molar refractivity (Wildman–Crippen MR) is 59.6 cm³/mol. The summed E-state index contributed by atoms with van der Waals surface area (Å²) in [6, 6.07) is 0. The van der Waals surface area contributed by atoms with Gasteiger partial charge in [-0.15, -0.1) is 0 Å². The van der Waals surface area contributed by atoms with Gasteiger partial charge in [-0.25, -0.2) is 0 Å². The molecule has 0 radical (unpaired) electrons. The first-order valence-corrected chi connectivity index (χ1v) is 5.27. The highest BCUT2D eigenvalue weighted by Gasteiger charge is 2.46. The number of carbonyl (C=O) groups is 1. The number of carbonyl (C=O) groups excluding carboxylic acids is 1. The van der Waals surface area contributed by atoms with Crippen molar-refractivity contribution in [1.82, 2.24) is 0 Å². The molecular formula is C10H19BrO3. The molecule has 0 bridgehead atoms. The minimum atomic E-state index is -0.811. The van der Waals surface area contributed by atoms with Crippen molar-refractivity contribution in [3.63, 3.8) is 0 Å². The fourth-order valence-corrected chi connectivity index (χ4v) is 2.73. The zero-order chi connectivity index (χ0) is 11.6. The van der Waals surface area contributed by atoms with Gasteiger partial charge in [0.15, 0.2) is 0 Å². The first kappa shape index (κ1) is 13.9. The van der Waals surface area contributed by atoms with E-state index in [0.29, 0.717) is 0 Å². The van der Waals surface area contributed by atoms with E-state index in [-0.39, 0.29) is 17.5 Å². The highest BCUT2D eigenvalue weighted by atomic mass is 79.9. The van der Waals surface area contributed by atoms with Crippen LogP contribution in [-0.4, -0.2) is 30.6 Å². The summed E-state index contributed by atoms with van der Waals surface area (Å²) in [6.45, 7) is 7.81. The second kappa shape index (κ2) is 4.62. The average molecular weight is 267 g/mol. The molecule has 0 fully saturated rings. The first-order chi connectivity index (χ1) is 6.17. The van der Waals surface area contributed by atoms with Crippen molar-refractivity contribution in [2.45, 2.75) is 38.1 Å². The van der Waals surface area contributed by atoms with Crippen LogP contribution >= 0.6 is 15.9 Å². The molecule has 0 spiro atoms. The van der Waals surface area contributed by atoms with Crippen molar-refractivity contribution >= 4 is 21.9 Å². The monoisotopic (exact) mass is 266 g/mol. The molecule has 0 unspecified atom stereocenters. The molecule has 0 aromatic heterocycles. The van der Waals surface area contributed by atoms with Gasteiger partial charge in [0.05, 0.1) is 13.2 Å². The normalized spacial score (nSPS) is 18.5. The largest absolute Gasteiger partial charge is 0.468 e. The number of methoxy groups -OCH3 is 2. The number of esters is 1. The highest BCUT2D eigenvalue weighted by Crippen LogP contribution is 2.36. The molecule has 0 aliphatic heterocycles. The van der Waals surface area contributed by atoms with Gasteiger partial charge in [-0.1, -0.05) is 36.7 Å². The maximum absolute atomic E-state index is 11.5. The number of alkyl halides is 1. The Bertz CT molecular complexity index is 206. The van der Waals surface area contributed by atoms with Gasteiger partial charge in [0.25, 0.3) is 0 Å². The third-order valence-corrected chi connectivity index (χ3v) is 2.84. The van der Waals surface area contributed by atoms with Gasteiger partial charge in [-0.3, -0.25) is 4.79 Å².